The van der Waals surface area contributed by atoms with Gasteiger partial charge in [0, 0.05) is 0 Å². The summed E-state index contributed by atoms with van der Waals surface area (Å²) in [5.74, 6) is 0. The van der Waals surface area contributed by atoms with Crippen LogP contribution in [0.4, 0.5) is 0 Å². The van der Waals surface area contributed by atoms with Gasteiger partial charge in [0.25, 0.3) is 0 Å². The monoisotopic (exact) mass is 578 g/mol. The Morgan fingerprint density at radius 3 is 0.978 bits per heavy atom. The second-order valence-electron chi connectivity index (χ2n) is 12.8. The van der Waals surface area contributed by atoms with Crippen LogP contribution in [0.1, 0.15) is 0 Å². The van der Waals surface area contributed by atoms with E-state index in [1.165, 1.54) is 110 Å². The van der Waals surface area contributed by atoms with E-state index in [4.69, 9.17) is 0 Å². The minimum absolute atomic E-state index is 1.25. The molecule has 2 aliphatic rings. The minimum Gasteiger partial charge on any atom is -0.0616 e. The van der Waals surface area contributed by atoms with E-state index in [2.05, 4.69) is 158 Å². The highest BCUT2D eigenvalue weighted by molar-refractivity contribution is 6.22. The molecule has 210 valence electrons. The van der Waals surface area contributed by atoms with Gasteiger partial charge >= 0.3 is 0 Å². The van der Waals surface area contributed by atoms with E-state index in [1.807, 2.05) is 0 Å². The first kappa shape index (κ1) is 24.4. The van der Waals surface area contributed by atoms with Gasteiger partial charge in [0.15, 0.2) is 0 Å². The summed E-state index contributed by atoms with van der Waals surface area (Å²) in [7, 11) is 0. The molecule has 0 saturated carbocycles. The van der Waals surface area contributed by atoms with Crippen LogP contribution in [0.15, 0.2) is 158 Å². The third kappa shape index (κ3) is 3.18. The molecular formula is C46H26. The maximum absolute atomic E-state index is 2.39. The highest BCUT2D eigenvalue weighted by Gasteiger charge is 2.25. The highest BCUT2D eigenvalue weighted by atomic mass is 14.3. The Balaban J connectivity index is 1.08. The molecule has 0 saturated heterocycles. The van der Waals surface area contributed by atoms with Gasteiger partial charge in [0.2, 0.25) is 0 Å². The number of benzene rings is 9. The first-order valence-corrected chi connectivity index (χ1v) is 16.1. The first-order valence-electron chi connectivity index (χ1n) is 16.1. The van der Waals surface area contributed by atoms with Crippen LogP contribution in [0.25, 0.3) is 110 Å². The zero-order chi connectivity index (χ0) is 29.9. The zero-order valence-electron chi connectivity index (χ0n) is 25.0. The Morgan fingerprint density at radius 2 is 0.565 bits per heavy atom. The number of hydrogen-bond acceptors (Lipinski definition) is 0. The molecule has 0 atom stereocenters. The molecule has 0 unspecified atom stereocenters. The molecular weight excluding hydrogens is 553 g/mol. The van der Waals surface area contributed by atoms with Crippen molar-refractivity contribution >= 4 is 43.1 Å². The smallest absolute Gasteiger partial charge is 0.00201 e. The Morgan fingerprint density at radius 1 is 0.217 bits per heavy atom. The van der Waals surface area contributed by atoms with Crippen molar-refractivity contribution < 1.29 is 0 Å². The minimum atomic E-state index is 1.25. The number of fused-ring (bicyclic) bond motifs is 8. The maximum Gasteiger partial charge on any atom is -0.00201 e. The van der Waals surface area contributed by atoms with Gasteiger partial charge in [-0.05, 0) is 140 Å². The van der Waals surface area contributed by atoms with Crippen LogP contribution in [0.5, 0.6) is 0 Å². The summed E-state index contributed by atoms with van der Waals surface area (Å²) in [6.45, 7) is 0. The maximum atomic E-state index is 2.39. The van der Waals surface area contributed by atoms with Crippen molar-refractivity contribution in [2.75, 3.05) is 0 Å². The molecule has 9 aromatic rings. The summed E-state index contributed by atoms with van der Waals surface area (Å²) in [4.78, 5) is 0. The molecule has 0 N–H and O–H groups in total. The normalized spacial score (nSPS) is 12.3. The molecule has 0 heterocycles. The van der Waals surface area contributed by atoms with Gasteiger partial charge in [0.05, 0.1) is 0 Å². The molecule has 0 aromatic heterocycles. The van der Waals surface area contributed by atoms with Crippen LogP contribution in [0.2, 0.25) is 0 Å². The second-order valence-corrected chi connectivity index (χ2v) is 12.8. The van der Waals surface area contributed by atoms with E-state index in [-0.39, 0.29) is 0 Å². The molecule has 0 fully saturated rings. The van der Waals surface area contributed by atoms with Gasteiger partial charge in [-0.2, -0.15) is 0 Å². The van der Waals surface area contributed by atoms with Crippen molar-refractivity contribution in [2.24, 2.45) is 0 Å². The average molecular weight is 579 g/mol. The fraction of sp³-hybridized carbons (Fsp3) is 0. The molecule has 0 bridgehead atoms. The van der Waals surface area contributed by atoms with Crippen molar-refractivity contribution in [3.63, 3.8) is 0 Å². The summed E-state index contributed by atoms with van der Waals surface area (Å²) in [6.07, 6.45) is 0. The van der Waals surface area contributed by atoms with Gasteiger partial charge in [-0.1, -0.05) is 127 Å². The molecule has 0 amide bonds. The fourth-order valence-corrected chi connectivity index (χ4v) is 8.44. The molecule has 0 aliphatic heterocycles. The predicted molar refractivity (Wildman–Crippen MR) is 196 cm³/mol. The topological polar surface area (TPSA) is 0 Å². The fourth-order valence-electron chi connectivity index (χ4n) is 8.44. The third-order valence-electron chi connectivity index (χ3n) is 10.5. The summed E-state index contributed by atoms with van der Waals surface area (Å²) < 4.78 is 0. The predicted octanol–water partition coefficient (Wildman–Crippen LogP) is 12.9. The van der Waals surface area contributed by atoms with Gasteiger partial charge in [0.1, 0.15) is 0 Å². The molecule has 9 aromatic carbocycles. The second kappa shape index (κ2) is 8.81. The van der Waals surface area contributed by atoms with E-state index < -0.39 is 0 Å². The van der Waals surface area contributed by atoms with Crippen LogP contribution >= 0.6 is 0 Å². The van der Waals surface area contributed by atoms with Crippen molar-refractivity contribution in [1.82, 2.24) is 0 Å². The lowest BCUT2D eigenvalue weighted by Crippen LogP contribution is -1.87. The lowest BCUT2D eigenvalue weighted by Gasteiger charge is -2.13. The van der Waals surface area contributed by atoms with Crippen LogP contribution in [0, 0.1) is 0 Å². The van der Waals surface area contributed by atoms with Crippen LogP contribution in [-0.2, 0) is 0 Å². The van der Waals surface area contributed by atoms with Crippen LogP contribution < -0.4 is 0 Å². The van der Waals surface area contributed by atoms with E-state index in [1.54, 1.807) is 0 Å². The summed E-state index contributed by atoms with van der Waals surface area (Å²) in [6, 6.07) is 59.0. The van der Waals surface area contributed by atoms with E-state index in [0.29, 0.717) is 0 Å². The van der Waals surface area contributed by atoms with Crippen LogP contribution in [0.3, 0.4) is 0 Å². The van der Waals surface area contributed by atoms with Crippen molar-refractivity contribution in [3.05, 3.63) is 158 Å². The van der Waals surface area contributed by atoms with Gasteiger partial charge in [-0.25, -0.2) is 0 Å². The molecule has 2 aliphatic carbocycles. The van der Waals surface area contributed by atoms with Crippen molar-refractivity contribution in [1.29, 1.82) is 0 Å². The quantitative estimate of drug-likeness (QED) is 0.191. The molecule has 0 nitrogen and oxygen atoms in total. The summed E-state index contributed by atoms with van der Waals surface area (Å²) in [5, 5.41) is 10.5. The third-order valence-corrected chi connectivity index (χ3v) is 10.5. The largest absolute Gasteiger partial charge is 0.0616 e. The van der Waals surface area contributed by atoms with E-state index in [9.17, 15) is 0 Å². The number of hydrogen-bond donors (Lipinski definition) is 0. The molecule has 46 heavy (non-hydrogen) atoms. The lowest BCUT2D eigenvalue weighted by atomic mass is 9.90. The standard InChI is InChI=1S/C46H26/c1-3-10-29-25-43-39-20-18-33(35-14-6-16-37(45(35)39)41(43)23-27(29)8-1)31-12-5-13-32(22-31)34-19-21-40-44-26-30-11-4-2-9-28(30)24-42(44)38-17-7-15-36(34)46(38)40/h1-26H. The zero-order valence-corrected chi connectivity index (χ0v) is 25.0. The van der Waals surface area contributed by atoms with Gasteiger partial charge in [-0.3, -0.25) is 0 Å². The van der Waals surface area contributed by atoms with Crippen LogP contribution in [-0.4, -0.2) is 0 Å². The Bertz CT molecular complexity index is 2510. The van der Waals surface area contributed by atoms with Gasteiger partial charge < -0.3 is 0 Å². The highest BCUT2D eigenvalue weighted by Crippen LogP contribution is 2.52. The molecule has 0 heteroatoms. The first-order chi connectivity index (χ1) is 22.8. The number of rotatable bonds is 2. The van der Waals surface area contributed by atoms with Crippen molar-refractivity contribution in [2.45, 2.75) is 0 Å². The summed E-state index contributed by atoms with van der Waals surface area (Å²) in [5.41, 5.74) is 15.8. The Hall–Kier alpha value is -5.98. The Kier molecular flexibility index (Phi) is 4.66. The molecule has 0 spiro atoms. The average Bonchev–Trinajstić information content (AvgIpc) is 3.60. The van der Waals surface area contributed by atoms with Gasteiger partial charge in [-0.15, -0.1) is 0 Å². The lowest BCUT2D eigenvalue weighted by molar-refractivity contribution is 1.63. The summed E-state index contributed by atoms with van der Waals surface area (Å²) >= 11 is 0. The van der Waals surface area contributed by atoms with Crippen molar-refractivity contribution in [3.8, 4) is 66.8 Å². The Labute approximate surface area is 266 Å². The molecule has 11 rings (SSSR count). The SMILES string of the molecule is c1cc(-c2ccc3c4c(cccc24)-c2cc4ccccc4cc2-3)cc(-c2ccc3c4c(cccc24)-c2cc4ccccc4cc2-3)c1. The molecule has 0 radical (unpaired) electrons. The van der Waals surface area contributed by atoms with E-state index in [0.717, 1.165) is 0 Å². The van der Waals surface area contributed by atoms with E-state index >= 15 is 0 Å².